The molecule has 1 atom stereocenters. The van der Waals surface area contributed by atoms with Gasteiger partial charge in [-0.15, -0.1) is 11.3 Å². The lowest BCUT2D eigenvalue weighted by Crippen LogP contribution is -2.28. The topological polar surface area (TPSA) is 101 Å². The largest absolute Gasteiger partial charge is 0.467 e. The number of aliphatic hydroxyl groups is 1. The second-order valence-corrected chi connectivity index (χ2v) is 5.23. The van der Waals surface area contributed by atoms with Crippen molar-refractivity contribution in [2.45, 2.75) is 6.10 Å². The molecule has 0 radical (unpaired) electrons. The molecule has 112 valence electrons. The van der Waals surface area contributed by atoms with Crippen molar-refractivity contribution in [3.05, 3.63) is 53.8 Å². The van der Waals surface area contributed by atoms with Crippen LogP contribution in [0.2, 0.25) is 0 Å². The van der Waals surface area contributed by atoms with Gasteiger partial charge in [-0.3, -0.25) is 14.8 Å². The van der Waals surface area contributed by atoms with Crippen LogP contribution in [0.5, 0.6) is 0 Å². The summed E-state index contributed by atoms with van der Waals surface area (Å²) in [4.78, 5) is 24.3. The molecule has 0 fully saturated rings. The van der Waals surface area contributed by atoms with E-state index < -0.39 is 6.10 Å². The number of furan rings is 1. The molecule has 2 N–H and O–H groups in total. The first-order chi connectivity index (χ1) is 10.7. The van der Waals surface area contributed by atoms with Gasteiger partial charge in [-0.1, -0.05) is 0 Å². The molecule has 1 amide bonds. The summed E-state index contributed by atoms with van der Waals surface area (Å²) < 4.78 is 5.07. The first kappa shape index (κ1) is 14.4. The number of rotatable bonds is 5. The van der Waals surface area contributed by atoms with Gasteiger partial charge in [0.1, 0.15) is 28.3 Å². The maximum Gasteiger partial charge on any atom is 0.270 e. The van der Waals surface area contributed by atoms with Gasteiger partial charge in [0.25, 0.3) is 5.91 Å². The van der Waals surface area contributed by atoms with Crippen molar-refractivity contribution < 1.29 is 14.3 Å². The predicted octanol–water partition coefficient (Wildman–Crippen LogP) is 1.66. The summed E-state index contributed by atoms with van der Waals surface area (Å²) in [6, 6.07) is 3.32. The highest BCUT2D eigenvalue weighted by Gasteiger charge is 2.15. The van der Waals surface area contributed by atoms with Crippen LogP contribution < -0.4 is 5.32 Å². The van der Waals surface area contributed by atoms with E-state index in [0.717, 1.165) is 0 Å². The van der Waals surface area contributed by atoms with E-state index in [0.29, 0.717) is 16.5 Å². The number of amides is 1. The van der Waals surface area contributed by atoms with E-state index in [-0.39, 0.29) is 18.1 Å². The lowest BCUT2D eigenvalue weighted by Gasteiger charge is -2.08. The summed E-state index contributed by atoms with van der Waals surface area (Å²) in [6.45, 7) is 0.0460. The van der Waals surface area contributed by atoms with Gasteiger partial charge >= 0.3 is 0 Å². The molecule has 0 saturated heterocycles. The van der Waals surface area contributed by atoms with E-state index >= 15 is 0 Å². The standard InChI is InChI=1S/C14H12N4O3S/c19-11(12-2-1-5-21-12)7-17-13(20)10-8-22-14(18-10)9-6-15-3-4-16-9/h1-6,8,11,19H,7H2,(H,17,20). The van der Waals surface area contributed by atoms with Crippen molar-refractivity contribution in [3.8, 4) is 10.7 Å². The Hall–Kier alpha value is -2.58. The number of thiazole rings is 1. The fraction of sp³-hybridized carbons (Fsp3) is 0.143. The molecule has 0 aliphatic heterocycles. The Morgan fingerprint density at radius 2 is 2.36 bits per heavy atom. The maximum atomic E-state index is 12.0. The fourth-order valence-electron chi connectivity index (χ4n) is 1.77. The average Bonchev–Trinajstić information content (AvgIpc) is 3.24. The second-order valence-electron chi connectivity index (χ2n) is 4.37. The summed E-state index contributed by atoms with van der Waals surface area (Å²) in [6.07, 6.45) is 5.29. The Morgan fingerprint density at radius 3 is 3.09 bits per heavy atom. The minimum Gasteiger partial charge on any atom is -0.467 e. The molecular weight excluding hydrogens is 304 g/mol. The second kappa shape index (κ2) is 6.46. The zero-order valence-electron chi connectivity index (χ0n) is 11.3. The van der Waals surface area contributed by atoms with Crippen LogP contribution in [0.15, 0.2) is 46.8 Å². The van der Waals surface area contributed by atoms with Gasteiger partial charge in [-0.05, 0) is 12.1 Å². The van der Waals surface area contributed by atoms with Crippen LogP contribution in [0.25, 0.3) is 10.7 Å². The van der Waals surface area contributed by atoms with Gasteiger partial charge in [0.2, 0.25) is 0 Å². The summed E-state index contributed by atoms with van der Waals surface area (Å²) in [5.41, 5.74) is 0.888. The Labute approximate surface area is 129 Å². The molecule has 3 heterocycles. The minimum absolute atomic E-state index is 0.0460. The summed E-state index contributed by atoms with van der Waals surface area (Å²) in [5, 5.41) is 14.7. The molecule has 3 rings (SSSR count). The van der Waals surface area contributed by atoms with Gasteiger partial charge in [0, 0.05) is 17.8 Å². The number of carbonyl (C=O) groups is 1. The van der Waals surface area contributed by atoms with Crippen LogP contribution in [0, 0.1) is 0 Å². The van der Waals surface area contributed by atoms with Crippen molar-refractivity contribution in [1.29, 1.82) is 0 Å². The maximum absolute atomic E-state index is 12.0. The Bertz CT molecular complexity index is 743. The van der Waals surface area contributed by atoms with Crippen LogP contribution in [0.4, 0.5) is 0 Å². The molecule has 0 aliphatic carbocycles. The number of hydrogen-bond donors (Lipinski definition) is 2. The smallest absolute Gasteiger partial charge is 0.270 e. The molecule has 1 unspecified atom stereocenters. The van der Waals surface area contributed by atoms with Gasteiger partial charge in [0.05, 0.1) is 19.0 Å². The molecule has 3 aromatic rings. The van der Waals surface area contributed by atoms with Gasteiger partial charge in [-0.2, -0.15) is 0 Å². The third-order valence-corrected chi connectivity index (χ3v) is 3.71. The monoisotopic (exact) mass is 316 g/mol. The molecule has 0 aliphatic rings. The molecule has 0 bridgehead atoms. The Morgan fingerprint density at radius 1 is 1.45 bits per heavy atom. The lowest BCUT2D eigenvalue weighted by atomic mass is 10.2. The van der Waals surface area contributed by atoms with Crippen LogP contribution in [0.1, 0.15) is 22.4 Å². The molecule has 3 aromatic heterocycles. The third kappa shape index (κ3) is 3.18. The normalized spacial score (nSPS) is 12.0. The van der Waals surface area contributed by atoms with E-state index in [9.17, 15) is 9.90 Å². The molecule has 0 spiro atoms. The van der Waals surface area contributed by atoms with Gasteiger partial charge in [-0.25, -0.2) is 4.98 Å². The number of nitrogens with one attached hydrogen (secondary N) is 1. The summed E-state index contributed by atoms with van der Waals surface area (Å²) in [5.74, 6) is 0.0378. The van der Waals surface area contributed by atoms with Crippen molar-refractivity contribution >= 4 is 17.2 Å². The highest BCUT2D eigenvalue weighted by atomic mass is 32.1. The van der Waals surface area contributed by atoms with Crippen molar-refractivity contribution in [2.24, 2.45) is 0 Å². The van der Waals surface area contributed by atoms with Crippen molar-refractivity contribution in [2.75, 3.05) is 6.54 Å². The van der Waals surface area contributed by atoms with E-state index in [1.807, 2.05) is 0 Å². The lowest BCUT2D eigenvalue weighted by molar-refractivity contribution is 0.0897. The van der Waals surface area contributed by atoms with E-state index in [1.54, 1.807) is 36.1 Å². The van der Waals surface area contributed by atoms with E-state index in [1.165, 1.54) is 17.6 Å². The van der Waals surface area contributed by atoms with Crippen molar-refractivity contribution in [3.63, 3.8) is 0 Å². The number of aromatic nitrogens is 3. The van der Waals surface area contributed by atoms with Crippen LogP contribution in [0.3, 0.4) is 0 Å². The Kier molecular flexibility index (Phi) is 4.22. The Balaban J connectivity index is 1.62. The SMILES string of the molecule is O=C(NCC(O)c1ccco1)c1csc(-c2cnccn2)n1. The fourth-order valence-corrected chi connectivity index (χ4v) is 2.53. The third-order valence-electron chi connectivity index (χ3n) is 2.85. The highest BCUT2D eigenvalue weighted by molar-refractivity contribution is 7.13. The van der Waals surface area contributed by atoms with Gasteiger partial charge < -0.3 is 14.8 Å². The van der Waals surface area contributed by atoms with Crippen LogP contribution in [-0.4, -0.2) is 32.5 Å². The number of carbonyl (C=O) groups excluding carboxylic acids is 1. The van der Waals surface area contributed by atoms with Crippen LogP contribution in [-0.2, 0) is 0 Å². The summed E-state index contributed by atoms with van der Waals surface area (Å²) in [7, 11) is 0. The molecule has 7 nitrogen and oxygen atoms in total. The zero-order valence-corrected chi connectivity index (χ0v) is 12.2. The van der Waals surface area contributed by atoms with Crippen molar-refractivity contribution in [1.82, 2.24) is 20.3 Å². The highest BCUT2D eigenvalue weighted by Crippen LogP contribution is 2.20. The molecule has 0 aromatic carbocycles. The van der Waals surface area contributed by atoms with Crippen LogP contribution >= 0.6 is 11.3 Å². The predicted molar refractivity (Wildman–Crippen MR) is 79.1 cm³/mol. The molecule has 0 saturated carbocycles. The van der Waals surface area contributed by atoms with Gasteiger partial charge in [0.15, 0.2) is 0 Å². The first-order valence-corrected chi connectivity index (χ1v) is 7.33. The molecular formula is C14H12N4O3S. The number of hydrogen-bond acceptors (Lipinski definition) is 7. The molecule has 8 heteroatoms. The summed E-state index contributed by atoms with van der Waals surface area (Å²) >= 11 is 1.31. The average molecular weight is 316 g/mol. The first-order valence-electron chi connectivity index (χ1n) is 6.45. The molecule has 22 heavy (non-hydrogen) atoms. The minimum atomic E-state index is -0.892. The zero-order chi connectivity index (χ0) is 15.4. The van der Waals surface area contributed by atoms with E-state index in [2.05, 4.69) is 20.3 Å². The number of aliphatic hydroxyl groups excluding tert-OH is 1. The van der Waals surface area contributed by atoms with E-state index in [4.69, 9.17) is 4.42 Å². The number of nitrogens with zero attached hydrogens (tertiary/aromatic N) is 3. The quantitative estimate of drug-likeness (QED) is 0.742.